The van der Waals surface area contributed by atoms with Gasteiger partial charge in [0.25, 0.3) is 0 Å². The van der Waals surface area contributed by atoms with Crippen LogP contribution in [0.2, 0.25) is 0 Å². The third kappa shape index (κ3) is 4.68. The molecule has 0 aliphatic rings. The van der Waals surface area contributed by atoms with Crippen LogP contribution in [-0.4, -0.2) is 48.0 Å². The number of aromatic carboxylic acids is 1. The highest BCUT2D eigenvalue weighted by Gasteiger charge is 2.20. The van der Waals surface area contributed by atoms with Gasteiger partial charge in [0.05, 0.1) is 25.0 Å². The zero-order valence-electron chi connectivity index (χ0n) is 18.7. The Labute approximate surface area is 206 Å². The molecule has 0 aliphatic heterocycles. The van der Waals surface area contributed by atoms with E-state index in [1.807, 2.05) is 0 Å². The van der Waals surface area contributed by atoms with Gasteiger partial charge in [-0.3, -0.25) is 4.68 Å². The lowest BCUT2D eigenvalue weighted by atomic mass is 10.2. The van der Waals surface area contributed by atoms with Gasteiger partial charge in [0.2, 0.25) is 0 Å². The fraction of sp³-hybridized carbons (Fsp3) is 0.130. The van der Waals surface area contributed by atoms with Crippen molar-refractivity contribution in [3.63, 3.8) is 0 Å². The molecule has 0 unspecified atom stereocenters. The van der Waals surface area contributed by atoms with Crippen molar-refractivity contribution in [2.75, 3.05) is 11.9 Å². The van der Waals surface area contributed by atoms with Crippen LogP contribution in [0.15, 0.2) is 58.8 Å². The number of halogens is 2. The molecule has 4 heterocycles. The summed E-state index contributed by atoms with van der Waals surface area (Å²) in [5.41, 5.74) is 1.67. The molecule has 0 bridgehead atoms. The van der Waals surface area contributed by atoms with Crippen LogP contribution in [0.5, 0.6) is 0 Å². The summed E-state index contributed by atoms with van der Waals surface area (Å²) in [4.78, 5) is 25.0. The molecule has 0 atom stereocenters. The van der Waals surface area contributed by atoms with E-state index in [4.69, 9.17) is 9.63 Å². The Bertz CT molecular complexity index is 1530. The second kappa shape index (κ2) is 9.62. The predicted molar refractivity (Wildman–Crippen MR) is 125 cm³/mol. The Morgan fingerprint density at radius 1 is 1.17 bits per heavy atom. The first-order valence-corrected chi connectivity index (χ1v) is 11.4. The van der Waals surface area contributed by atoms with Crippen LogP contribution in [0.1, 0.15) is 21.1 Å². The van der Waals surface area contributed by atoms with E-state index >= 15 is 0 Å². The molecule has 10 nitrogen and oxygen atoms in total. The van der Waals surface area contributed by atoms with Gasteiger partial charge in [0.1, 0.15) is 28.5 Å². The topological polar surface area (TPSA) is 123 Å². The monoisotopic (exact) mass is 509 g/mol. The highest BCUT2D eigenvalue weighted by atomic mass is 32.1. The van der Waals surface area contributed by atoms with Crippen LogP contribution < -0.4 is 4.90 Å². The lowest BCUT2D eigenvalue weighted by Crippen LogP contribution is -2.20. The summed E-state index contributed by atoms with van der Waals surface area (Å²) in [5.74, 6) is -2.06. The van der Waals surface area contributed by atoms with E-state index in [0.29, 0.717) is 27.7 Å². The molecule has 0 aliphatic carbocycles. The van der Waals surface area contributed by atoms with E-state index in [2.05, 4.69) is 25.2 Å². The number of nitrogens with zero attached hydrogens (tertiary/aromatic N) is 7. The molecule has 0 fully saturated rings. The molecule has 0 radical (unpaired) electrons. The summed E-state index contributed by atoms with van der Waals surface area (Å²) in [5, 5.41) is 19.5. The van der Waals surface area contributed by atoms with Crippen molar-refractivity contribution in [3.8, 4) is 22.9 Å². The molecular weight excluding hydrogens is 492 g/mol. The second-order valence-electron chi connectivity index (χ2n) is 7.70. The van der Waals surface area contributed by atoms with Crippen LogP contribution in [-0.2, 0) is 13.1 Å². The van der Waals surface area contributed by atoms with Crippen molar-refractivity contribution in [3.05, 3.63) is 82.1 Å². The minimum absolute atomic E-state index is 0.0151. The summed E-state index contributed by atoms with van der Waals surface area (Å²) in [6.45, 7) is 0.246. The van der Waals surface area contributed by atoms with Crippen molar-refractivity contribution in [1.82, 2.24) is 29.9 Å². The summed E-state index contributed by atoms with van der Waals surface area (Å²) < 4.78 is 35.5. The number of carboxylic acid groups (broad SMARTS) is 1. The van der Waals surface area contributed by atoms with E-state index in [-0.39, 0.29) is 36.2 Å². The first-order valence-electron chi connectivity index (χ1n) is 10.5. The molecule has 1 N–H and O–H groups in total. The normalized spacial score (nSPS) is 11.1. The first-order chi connectivity index (χ1) is 17.4. The number of hydrogen-bond acceptors (Lipinski definition) is 9. The lowest BCUT2D eigenvalue weighted by molar-refractivity contribution is 0.0691. The molecule has 4 aromatic heterocycles. The van der Waals surface area contributed by atoms with Crippen LogP contribution in [0.25, 0.3) is 22.9 Å². The van der Waals surface area contributed by atoms with Crippen molar-refractivity contribution in [2.24, 2.45) is 0 Å². The van der Waals surface area contributed by atoms with Gasteiger partial charge in [-0.2, -0.15) is 5.10 Å². The van der Waals surface area contributed by atoms with Gasteiger partial charge in [-0.25, -0.2) is 28.5 Å². The van der Waals surface area contributed by atoms with Crippen molar-refractivity contribution >= 4 is 23.1 Å². The summed E-state index contributed by atoms with van der Waals surface area (Å²) in [6.07, 6.45) is 2.44. The quantitative estimate of drug-likeness (QED) is 0.329. The molecule has 1 aromatic carbocycles. The maximum Gasteiger partial charge on any atom is 0.355 e. The van der Waals surface area contributed by atoms with E-state index in [1.54, 1.807) is 42.1 Å². The number of hydrogen-bond donors (Lipinski definition) is 1. The minimum atomic E-state index is -1.13. The molecule has 36 heavy (non-hydrogen) atoms. The Morgan fingerprint density at radius 3 is 2.72 bits per heavy atom. The molecule has 0 saturated heterocycles. The number of aromatic nitrogens is 6. The Morgan fingerprint density at radius 2 is 2.00 bits per heavy atom. The Hall–Kier alpha value is -4.52. The first kappa shape index (κ1) is 23.2. The molecule has 5 aromatic rings. The average Bonchev–Trinajstić information content (AvgIpc) is 3.62. The molecule has 13 heteroatoms. The van der Waals surface area contributed by atoms with Crippen LogP contribution in [0.4, 0.5) is 14.6 Å². The zero-order chi connectivity index (χ0) is 25.2. The van der Waals surface area contributed by atoms with E-state index in [9.17, 15) is 13.6 Å². The van der Waals surface area contributed by atoms with Gasteiger partial charge in [0, 0.05) is 24.1 Å². The van der Waals surface area contributed by atoms with Crippen molar-refractivity contribution in [1.29, 1.82) is 0 Å². The van der Waals surface area contributed by atoms with Gasteiger partial charge in [-0.1, -0.05) is 23.4 Å². The number of benzene rings is 1. The molecule has 5 rings (SSSR count). The lowest BCUT2D eigenvalue weighted by Gasteiger charge is -2.17. The summed E-state index contributed by atoms with van der Waals surface area (Å²) in [7, 11) is 1.61. The van der Waals surface area contributed by atoms with Crippen molar-refractivity contribution < 1.29 is 23.2 Å². The van der Waals surface area contributed by atoms with Crippen LogP contribution in [0.3, 0.4) is 0 Å². The number of carboxylic acids is 1. The van der Waals surface area contributed by atoms with Gasteiger partial charge >= 0.3 is 5.97 Å². The number of carbonyl (C=O) groups is 1. The molecular formula is C23H17F2N7O3S. The largest absolute Gasteiger partial charge is 0.476 e. The number of thiazole rings is 1. The molecule has 0 spiro atoms. The average molecular weight is 509 g/mol. The fourth-order valence-electron chi connectivity index (χ4n) is 3.49. The van der Waals surface area contributed by atoms with Gasteiger partial charge in [0.15, 0.2) is 23.2 Å². The summed E-state index contributed by atoms with van der Waals surface area (Å²) >= 11 is 1.15. The zero-order valence-corrected chi connectivity index (χ0v) is 19.5. The predicted octanol–water partition coefficient (Wildman–Crippen LogP) is 4.11. The van der Waals surface area contributed by atoms with Crippen molar-refractivity contribution in [2.45, 2.75) is 13.1 Å². The van der Waals surface area contributed by atoms with Gasteiger partial charge in [-0.15, -0.1) is 11.3 Å². The number of rotatable bonds is 8. The SMILES string of the molecule is CN(Cc1nc(C(=O)O)cs1)c1nc(-c2cc(-c3ccon3)n(Cc3ccccc3F)n2)ncc1F. The number of anilines is 1. The molecule has 0 amide bonds. The minimum Gasteiger partial charge on any atom is -0.476 e. The fourth-order valence-corrected chi connectivity index (χ4v) is 4.31. The van der Waals surface area contributed by atoms with Crippen LogP contribution in [0, 0.1) is 11.6 Å². The highest BCUT2D eigenvalue weighted by Crippen LogP contribution is 2.27. The standard InChI is InChI=1S/C23H17F2N7O3S/c1-31(11-20-27-18(12-36-20)23(33)34)22-15(25)9-26-21(28-22)17-8-19(16-6-7-35-30-16)32(29-17)10-13-4-2-3-5-14(13)24/h2-9,12H,10-11H2,1H3,(H,33,34). The van der Waals surface area contributed by atoms with Gasteiger partial charge in [-0.05, 0) is 12.1 Å². The van der Waals surface area contributed by atoms with Gasteiger partial charge < -0.3 is 14.5 Å². The van der Waals surface area contributed by atoms with E-state index in [0.717, 1.165) is 17.5 Å². The highest BCUT2D eigenvalue weighted by molar-refractivity contribution is 7.09. The van der Waals surface area contributed by atoms with E-state index in [1.165, 1.54) is 22.6 Å². The maximum atomic E-state index is 14.6. The van der Waals surface area contributed by atoms with Crippen LogP contribution >= 0.6 is 11.3 Å². The third-order valence-electron chi connectivity index (χ3n) is 5.22. The smallest absolute Gasteiger partial charge is 0.355 e. The third-order valence-corrected chi connectivity index (χ3v) is 6.05. The maximum absolute atomic E-state index is 14.6. The second-order valence-corrected chi connectivity index (χ2v) is 8.64. The molecule has 0 saturated carbocycles. The van der Waals surface area contributed by atoms with E-state index < -0.39 is 11.8 Å². The Balaban J connectivity index is 1.48. The Kier molecular flexibility index (Phi) is 6.21. The summed E-state index contributed by atoms with van der Waals surface area (Å²) in [6, 6.07) is 9.65. The molecule has 182 valence electrons.